The summed E-state index contributed by atoms with van der Waals surface area (Å²) in [5.74, 6) is 0.396. The Kier molecular flexibility index (Phi) is 2.53. The lowest BCUT2D eigenvalue weighted by Crippen LogP contribution is -2.42. The monoisotopic (exact) mass is 221 g/mol. The summed E-state index contributed by atoms with van der Waals surface area (Å²) in [6, 6.07) is 1.66. The number of nitrogens with zero attached hydrogens (tertiary/aromatic N) is 2. The molecule has 0 atom stereocenters. The van der Waals surface area contributed by atoms with Crippen LogP contribution in [0, 0.1) is 17.0 Å². The molecule has 1 N–H and O–H groups in total. The number of anilines is 1. The van der Waals surface area contributed by atoms with E-state index < -0.39 is 0 Å². The molecule has 1 saturated carbocycles. The molecule has 86 valence electrons. The summed E-state index contributed by atoms with van der Waals surface area (Å²) >= 11 is 0. The summed E-state index contributed by atoms with van der Waals surface area (Å²) < 4.78 is 0. The van der Waals surface area contributed by atoms with E-state index in [0.29, 0.717) is 11.4 Å². The van der Waals surface area contributed by atoms with Crippen LogP contribution in [0.3, 0.4) is 0 Å². The second kappa shape index (κ2) is 3.73. The van der Waals surface area contributed by atoms with Gasteiger partial charge in [0.1, 0.15) is 0 Å². The van der Waals surface area contributed by atoms with Crippen molar-refractivity contribution in [3.05, 3.63) is 27.9 Å². The van der Waals surface area contributed by atoms with Crippen molar-refractivity contribution in [2.75, 3.05) is 5.32 Å². The van der Waals surface area contributed by atoms with Gasteiger partial charge >= 0.3 is 5.69 Å². The van der Waals surface area contributed by atoms with E-state index >= 15 is 0 Å². The SMILES string of the molecule is Cc1ccnc(NC2(C)CCC2)c1[N+](=O)[O-]. The molecule has 0 aromatic carbocycles. The minimum atomic E-state index is -0.368. The quantitative estimate of drug-likeness (QED) is 0.629. The van der Waals surface area contributed by atoms with Gasteiger partial charge < -0.3 is 5.32 Å². The van der Waals surface area contributed by atoms with Crippen molar-refractivity contribution in [2.24, 2.45) is 0 Å². The molecule has 1 aliphatic rings. The Hall–Kier alpha value is -1.65. The maximum Gasteiger partial charge on any atom is 0.314 e. The van der Waals surface area contributed by atoms with Crippen LogP contribution in [0.5, 0.6) is 0 Å². The van der Waals surface area contributed by atoms with E-state index in [1.807, 2.05) is 0 Å². The third-order valence-electron chi connectivity index (χ3n) is 3.19. The maximum atomic E-state index is 11.0. The highest BCUT2D eigenvalue weighted by Gasteiger charge is 2.34. The predicted octanol–water partition coefficient (Wildman–Crippen LogP) is 2.65. The molecule has 2 rings (SSSR count). The molecule has 0 spiro atoms. The highest BCUT2D eigenvalue weighted by molar-refractivity contribution is 5.61. The average molecular weight is 221 g/mol. The van der Waals surface area contributed by atoms with Gasteiger partial charge in [-0.3, -0.25) is 10.1 Å². The normalized spacial score (nSPS) is 17.6. The molecule has 0 aliphatic heterocycles. The highest BCUT2D eigenvalue weighted by atomic mass is 16.6. The first-order valence-electron chi connectivity index (χ1n) is 5.40. The van der Waals surface area contributed by atoms with E-state index in [1.54, 1.807) is 19.2 Å². The number of nitrogens with one attached hydrogen (secondary N) is 1. The van der Waals surface area contributed by atoms with E-state index in [2.05, 4.69) is 17.2 Å². The van der Waals surface area contributed by atoms with E-state index in [-0.39, 0.29) is 16.1 Å². The maximum absolute atomic E-state index is 11.0. The van der Waals surface area contributed by atoms with Gasteiger partial charge in [-0.05, 0) is 39.2 Å². The van der Waals surface area contributed by atoms with Crippen molar-refractivity contribution in [3.8, 4) is 0 Å². The number of pyridine rings is 1. The van der Waals surface area contributed by atoms with Crippen molar-refractivity contribution < 1.29 is 4.92 Å². The molecule has 0 unspecified atom stereocenters. The van der Waals surface area contributed by atoms with Crippen LogP contribution in [-0.4, -0.2) is 15.4 Å². The Balaban J connectivity index is 2.32. The van der Waals surface area contributed by atoms with Crippen LogP contribution >= 0.6 is 0 Å². The lowest BCUT2D eigenvalue weighted by Gasteiger charge is -2.39. The molecule has 0 amide bonds. The molecule has 5 heteroatoms. The van der Waals surface area contributed by atoms with Crippen LogP contribution in [0.2, 0.25) is 0 Å². The molecule has 1 aromatic heterocycles. The summed E-state index contributed by atoms with van der Waals surface area (Å²) in [4.78, 5) is 14.7. The van der Waals surface area contributed by atoms with Gasteiger partial charge in [0.05, 0.1) is 4.92 Å². The van der Waals surface area contributed by atoms with Crippen molar-refractivity contribution in [2.45, 2.75) is 38.6 Å². The summed E-state index contributed by atoms with van der Waals surface area (Å²) in [6.07, 6.45) is 4.86. The zero-order valence-electron chi connectivity index (χ0n) is 9.49. The van der Waals surface area contributed by atoms with E-state index in [0.717, 1.165) is 12.8 Å². The van der Waals surface area contributed by atoms with Crippen molar-refractivity contribution >= 4 is 11.5 Å². The molecular formula is C11H15N3O2. The smallest absolute Gasteiger partial charge is 0.314 e. The molecule has 0 bridgehead atoms. The third kappa shape index (κ3) is 1.85. The molecule has 5 nitrogen and oxygen atoms in total. The molecule has 0 saturated heterocycles. The Morgan fingerprint density at radius 2 is 2.25 bits per heavy atom. The van der Waals surface area contributed by atoms with Gasteiger partial charge in [0.15, 0.2) is 0 Å². The summed E-state index contributed by atoms with van der Waals surface area (Å²) in [5, 5.41) is 14.2. The first-order valence-corrected chi connectivity index (χ1v) is 5.40. The zero-order chi connectivity index (χ0) is 11.8. The molecular weight excluding hydrogens is 206 g/mol. The standard InChI is InChI=1S/C11H15N3O2/c1-8-4-7-12-10(9(8)14(15)16)13-11(2)5-3-6-11/h4,7H,3,5-6H2,1-2H3,(H,12,13). The van der Waals surface area contributed by atoms with Crippen LogP contribution in [0.25, 0.3) is 0 Å². The van der Waals surface area contributed by atoms with E-state index in [9.17, 15) is 10.1 Å². The fourth-order valence-corrected chi connectivity index (χ4v) is 1.99. The lowest BCUT2D eigenvalue weighted by molar-refractivity contribution is -0.384. The topological polar surface area (TPSA) is 68.1 Å². The summed E-state index contributed by atoms with van der Waals surface area (Å²) in [7, 11) is 0. The molecule has 1 aliphatic carbocycles. The molecule has 0 radical (unpaired) electrons. The average Bonchev–Trinajstić information content (AvgIpc) is 2.14. The Morgan fingerprint density at radius 3 is 2.75 bits per heavy atom. The first kappa shape index (κ1) is 10.9. The van der Waals surface area contributed by atoms with Gasteiger partial charge in [0.25, 0.3) is 0 Å². The zero-order valence-corrected chi connectivity index (χ0v) is 9.49. The lowest BCUT2D eigenvalue weighted by atomic mass is 9.78. The fraction of sp³-hybridized carbons (Fsp3) is 0.545. The number of hydrogen-bond acceptors (Lipinski definition) is 4. The van der Waals surface area contributed by atoms with Gasteiger partial charge in [-0.15, -0.1) is 0 Å². The van der Waals surface area contributed by atoms with Gasteiger partial charge in [-0.25, -0.2) is 4.98 Å². The third-order valence-corrected chi connectivity index (χ3v) is 3.19. The van der Waals surface area contributed by atoms with Crippen LogP contribution in [0.15, 0.2) is 12.3 Å². The van der Waals surface area contributed by atoms with Gasteiger partial charge in [0.2, 0.25) is 5.82 Å². The van der Waals surface area contributed by atoms with Crippen molar-refractivity contribution in [1.82, 2.24) is 4.98 Å². The van der Waals surface area contributed by atoms with Crippen LogP contribution in [0.4, 0.5) is 11.5 Å². The van der Waals surface area contributed by atoms with E-state index in [4.69, 9.17) is 0 Å². The molecule has 1 aromatic rings. The predicted molar refractivity (Wildman–Crippen MR) is 61.5 cm³/mol. The number of hydrogen-bond donors (Lipinski definition) is 1. The fourth-order valence-electron chi connectivity index (χ4n) is 1.99. The van der Waals surface area contributed by atoms with Gasteiger partial charge in [0, 0.05) is 17.3 Å². The van der Waals surface area contributed by atoms with Crippen LogP contribution in [0.1, 0.15) is 31.7 Å². The summed E-state index contributed by atoms with van der Waals surface area (Å²) in [5.41, 5.74) is 0.715. The Morgan fingerprint density at radius 1 is 1.56 bits per heavy atom. The highest BCUT2D eigenvalue weighted by Crippen LogP contribution is 2.37. The number of nitro groups is 1. The minimum Gasteiger partial charge on any atom is -0.359 e. The first-order chi connectivity index (χ1) is 7.52. The number of aromatic nitrogens is 1. The summed E-state index contributed by atoms with van der Waals surface area (Å²) in [6.45, 7) is 3.80. The molecule has 1 heterocycles. The second-order valence-electron chi connectivity index (χ2n) is 4.62. The largest absolute Gasteiger partial charge is 0.359 e. The van der Waals surface area contributed by atoms with Crippen LogP contribution < -0.4 is 5.32 Å². The van der Waals surface area contributed by atoms with Gasteiger partial charge in [-0.2, -0.15) is 0 Å². The van der Waals surface area contributed by atoms with Gasteiger partial charge in [-0.1, -0.05) is 0 Å². The number of rotatable bonds is 3. The Labute approximate surface area is 94.0 Å². The molecule has 1 fully saturated rings. The van der Waals surface area contributed by atoms with E-state index in [1.165, 1.54) is 6.42 Å². The Bertz CT molecular complexity index is 427. The van der Waals surface area contributed by atoms with Crippen molar-refractivity contribution in [1.29, 1.82) is 0 Å². The minimum absolute atomic E-state index is 0.0223. The second-order valence-corrected chi connectivity index (χ2v) is 4.62. The molecule has 16 heavy (non-hydrogen) atoms. The number of aryl methyl sites for hydroxylation is 1. The van der Waals surface area contributed by atoms with Crippen molar-refractivity contribution in [3.63, 3.8) is 0 Å². The van der Waals surface area contributed by atoms with Crippen LogP contribution in [-0.2, 0) is 0 Å².